The number of nitrogens with zero attached hydrogens (tertiary/aromatic N) is 3. The molecule has 3 heterocycles. The molecular formula is C20H15N3O4S. The van der Waals surface area contributed by atoms with Crippen LogP contribution in [0, 0.1) is 0 Å². The Morgan fingerprint density at radius 3 is 2.64 bits per heavy atom. The predicted octanol–water partition coefficient (Wildman–Crippen LogP) is 4.53. The van der Waals surface area contributed by atoms with Crippen molar-refractivity contribution in [3.05, 3.63) is 72.6 Å². The molecule has 2 aromatic carbocycles. The summed E-state index contributed by atoms with van der Waals surface area (Å²) in [6.45, 7) is 0.323. The van der Waals surface area contributed by atoms with Gasteiger partial charge < -0.3 is 18.3 Å². The highest BCUT2D eigenvalue weighted by Crippen LogP contribution is 2.36. The molecule has 0 radical (unpaired) electrons. The van der Waals surface area contributed by atoms with Crippen LogP contribution in [0.5, 0.6) is 11.5 Å². The number of hydrogen-bond donors (Lipinski definition) is 0. The topological polar surface area (TPSA) is 83.4 Å². The van der Waals surface area contributed by atoms with Gasteiger partial charge in [-0.05, 0) is 12.1 Å². The van der Waals surface area contributed by atoms with Crippen LogP contribution >= 0.6 is 11.8 Å². The van der Waals surface area contributed by atoms with E-state index < -0.39 is 6.10 Å². The third-order valence-electron chi connectivity index (χ3n) is 4.14. The Morgan fingerprint density at radius 2 is 1.75 bits per heavy atom. The molecule has 0 fully saturated rings. The van der Waals surface area contributed by atoms with Crippen molar-refractivity contribution in [3.8, 4) is 22.8 Å². The van der Waals surface area contributed by atoms with E-state index in [2.05, 4.69) is 15.2 Å². The van der Waals surface area contributed by atoms with E-state index in [9.17, 15) is 0 Å². The summed E-state index contributed by atoms with van der Waals surface area (Å²) in [4.78, 5) is 4.31. The minimum atomic E-state index is -0.428. The molecule has 8 heteroatoms. The minimum absolute atomic E-state index is 0.323. The fourth-order valence-electron chi connectivity index (χ4n) is 2.79. The highest BCUT2D eigenvalue weighted by molar-refractivity contribution is 7.98. The van der Waals surface area contributed by atoms with Crippen LogP contribution in [-0.4, -0.2) is 21.8 Å². The fourth-order valence-corrected chi connectivity index (χ4v) is 3.41. The number of ether oxygens (including phenoxy) is 2. The van der Waals surface area contributed by atoms with Crippen LogP contribution in [0.3, 0.4) is 0 Å². The average Bonchev–Trinajstić information content (AvgIpc) is 3.42. The normalized spacial score (nSPS) is 15.5. The quantitative estimate of drug-likeness (QED) is 0.457. The molecule has 140 valence electrons. The molecule has 2 aromatic heterocycles. The van der Waals surface area contributed by atoms with Gasteiger partial charge >= 0.3 is 0 Å². The summed E-state index contributed by atoms with van der Waals surface area (Å²) < 4.78 is 23.1. The van der Waals surface area contributed by atoms with Crippen molar-refractivity contribution in [2.45, 2.75) is 17.1 Å². The van der Waals surface area contributed by atoms with Crippen molar-refractivity contribution >= 4 is 11.8 Å². The van der Waals surface area contributed by atoms with Gasteiger partial charge in [0.25, 0.3) is 11.1 Å². The molecule has 5 rings (SSSR count). The first-order chi connectivity index (χ1) is 13.8. The van der Waals surface area contributed by atoms with Gasteiger partial charge in [0.05, 0.1) is 11.9 Å². The molecule has 0 aliphatic carbocycles. The second-order valence-electron chi connectivity index (χ2n) is 6.04. The maximum absolute atomic E-state index is 5.89. The summed E-state index contributed by atoms with van der Waals surface area (Å²) in [6, 6.07) is 17.3. The Morgan fingerprint density at radius 1 is 0.929 bits per heavy atom. The van der Waals surface area contributed by atoms with E-state index in [4.69, 9.17) is 18.3 Å². The number of oxazole rings is 1. The molecule has 28 heavy (non-hydrogen) atoms. The lowest BCUT2D eigenvalue weighted by atomic mass is 10.2. The van der Waals surface area contributed by atoms with Crippen LogP contribution in [0.25, 0.3) is 11.3 Å². The molecule has 0 spiro atoms. The molecule has 0 N–H and O–H groups in total. The van der Waals surface area contributed by atoms with Crippen molar-refractivity contribution < 1.29 is 18.3 Å². The SMILES string of the molecule is c1ccc(-c2cnc(CSc3nnc([C@H]4COc5ccccc5O4)o3)o2)cc1. The van der Waals surface area contributed by atoms with Gasteiger partial charge in [0.2, 0.25) is 12.0 Å². The fraction of sp³-hybridized carbons (Fsp3) is 0.150. The number of hydrogen-bond acceptors (Lipinski definition) is 8. The van der Waals surface area contributed by atoms with Gasteiger partial charge in [-0.15, -0.1) is 10.2 Å². The van der Waals surface area contributed by atoms with Crippen LogP contribution < -0.4 is 9.47 Å². The molecule has 0 bridgehead atoms. The second-order valence-corrected chi connectivity index (χ2v) is 6.97. The van der Waals surface area contributed by atoms with Crippen LogP contribution in [0.4, 0.5) is 0 Å². The van der Waals surface area contributed by atoms with Crippen molar-refractivity contribution in [1.29, 1.82) is 0 Å². The van der Waals surface area contributed by atoms with Crippen LogP contribution in [0.2, 0.25) is 0 Å². The second kappa shape index (κ2) is 7.40. The molecule has 1 atom stereocenters. The van der Waals surface area contributed by atoms with Gasteiger partial charge in [-0.2, -0.15) is 0 Å². The Labute approximate surface area is 164 Å². The molecule has 0 saturated heterocycles. The zero-order valence-electron chi connectivity index (χ0n) is 14.6. The van der Waals surface area contributed by atoms with Crippen molar-refractivity contribution in [1.82, 2.24) is 15.2 Å². The first-order valence-electron chi connectivity index (χ1n) is 8.70. The maximum atomic E-state index is 5.89. The summed E-state index contributed by atoms with van der Waals surface area (Å²) in [5, 5.41) is 8.58. The number of rotatable bonds is 5. The standard InChI is InChI=1S/C20H15N3O4S/c1-2-6-13(7-3-1)16-10-21-18(26-16)12-28-20-23-22-19(27-20)17-11-24-14-8-4-5-9-15(14)25-17/h1-10,17H,11-12H2/t17-/m1/s1. The highest BCUT2D eigenvalue weighted by Gasteiger charge is 2.27. The maximum Gasteiger partial charge on any atom is 0.277 e. The zero-order chi connectivity index (χ0) is 18.8. The molecule has 4 aromatic rings. The van der Waals surface area contributed by atoms with Gasteiger partial charge in [0.1, 0.15) is 6.61 Å². The zero-order valence-corrected chi connectivity index (χ0v) is 15.5. The summed E-state index contributed by atoms with van der Waals surface area (Å²) in [5.74, 6) is 3.57. The van der Waals surface area contributed by atoms with E-state index in [0.29, 0.717) is 40.9 Å². The van der Waals surface area contributed by atoms with E-state index in [1.807, 2.05) is 54.6 Å². The molecule has 1 aliphatic rings. The molecule has 7 nitrogen and oxygen atoms in total. The van der Waals surface area contributed by atoms with E-state index in [0.717, 1.165) is 11.3 Å². The minimum Gasteiger partial charge on any atom is -0.485 e. The lowest BCUT2D eigenvalue weighted by Crippen LogP contribution is -2.21. The molecule has 0 saturated carbocycles. The largest absolute Gasteiger partial charge is 0.485 e. The summed E-state index contributed by atoms with van der Waals surface area (Å²) in [6.07, 6.45) is 1.29. The third kappa shape index (κ3) is 3.46. The van der Waals surface area contributed by atoms with Gasteiger partial charge in [-0.3, -0.25) is 0 Å². The Kier molecular flexibility index (Phi) is 4.46. The lowest BCUT2D eigenvalue weighted by molar-refractivity contribution is 0.0686. The third-order valence-corrected chi connectivity index (χ3v) is 4.94. The number of para-hydroxylation sites is 2. The van der Waals surface area contributed by atoms with Crippen molar-refractivity contribution in [3.63, 3.8) is 0 Å². The predicted molar refractivity (Wildman–Crippen MR) is 101 cm³/mol. The highest BCUT2D eigenvalue weighted by atomic mass is 32.2. The monoisotopic (exact) mass is 393 g/mol. The summed E-state index contributed by atoms with van der Waals surface area (Å²) in [5.41, 5.74) is 0.987. The summed E-state index contributed by atoms with van der Waals surface area (Å²) in [7, 11) is 0. The van der Waals surface area contributed by atoms with E-state index >= 15 is 0 Å². The first-order valence-corrected chi connectivity index (χ1v) is 9.68. The van der Waals surface area contributed by atoms with Gasteiger partial charge in [0, 0.05) is 5.56 Å². The molecule has 0 amide bonds. The smallest absolute Gasteiger partial charge is 0.277 e. The number of aromatic nitrogens is 3. The van der Waals surface area contributed by atoms with Crippen molar-refractivity contribution in [2.75, 3.05) is 6.61 Å². The van der Waals surface area contributed by atoms with E-state index in [1.54, 1.807) is 6.20 Å². The lowest BCUT2D eigenvalue weighted by Gasteiger charge is -2.23. The van der Waals surface area contributed by atoms with Gasteiger partial charge in [-0.25, -0.2) is 4.98 Å². The van der Waals surface area contributed by atoms with Crippen LogP contribution in [-0.2, 0) is 5.75 Å². The first kappa shape index (κ1) is 16.9. The molecule has 1 aliphatic heterocycles. The van der Waals surface area contributed by atoms with Crippen molar-refractivity contribution in [2.24, 2.45) is 0 Å². The Bertz CT molecular complexity index is 1080. The molecule has 0 unspecified atom stereocenters. The van der Waals surface area contributed by atoms with Crippen LogP contribution in [0.15, 0.2) is 74.9 Å². The average molecular weight is 393 g/mol. The number of thioether (sulfide) groups is 1. The summed E-state index contributed by atoms with van der Waals surface area (Å²) >= 11 is 1.36. The Hall–Kier alpha value is -3.26. The number of benzene rings is 2. The van der Waals surface area contributed by atoms with E-state index in [1.165, 1.54) is 11.8 Å². The van der Waals surface area contributed by atoms with Gasteiger partial charge in [-0.1, -0.05) is 54.2 Å². The molecular weight excluding hydrogens is 378 g/mol. The van der Waals surface area contributed by atoms with E-state index in [-0.39, 0.29) is 0 Å². The van der Waals surface area contributed by atoms with Crippen LogP contribution in [0.1, 0.15) is 17.9 Å². The van der Waals surface area contributed by atoms with Gasteiger partial charge in [0.15, 0.2) is 17.3 Å². The Balaban J connectivity index is 1.23. The number of fused-ring (bicyclic) bond motifs is 1.